The predicted molar refractivity (Wildman–Crippen MR) is 390 cm³/mol. The van der Waals surface area contributed by atoms with Crippen molar-refractivity contribution in [2.75, 3.05) is 39.6 Å². The van der Waals surface area contributed by atoms with Crippen LogP contribution in [0.5, 0.6) is 0 Å². The van der Waals surface area contributed by atoms with E-state index in [2.05, 4.69) is 88.5 Å². The second-order valence-corrected chi connectivity index (χ2v) is 28.8. The zero-order valence-electron chi connectivity index (χ0n) is 61.1. The molecule has 19 heteroatoms. The van der Waals surface area contributed by atoms with Crippen molar-refractivity contribution in [2.45, 2.75) is 367 Å². The summed E-state index contributed by atoms with van der Waals surface area (Å²) in [5.74, 6) is -2.19. The Morgan fingerprint density at radius 1 is 0.292 bits per heavy atom. The van der Waals surface area contributed by atoms with Crippen LogP contribution in [0, 0.1) is 0 Å². The lowest BCUT2D eigenvalue weighted by atomic mass is 10.1. The number of esters is 4. The van der Waals surface area contributed by atoms with E-state index in [-0.39, 0.29) is 25.7 Å². The van der Waals surface area contributed by atoms with Gasteiger partial charge in [0.15, 0.2) is 12.2 Å². The molecule has 0 rings (SSSR count). The molecule has 0 spiro atoms. The van der Waals surface area contributed by atoms with Gasteiger partial charge in [-0.2, -0.15) is 0 Å². The molecule has 560 valence electrons. The Hall–Kier alpha value is -3.24. The fourth-order valence-corrected chi connectivity index (χ4v) is 12.0. The molecule has 0 aliphatic rings. The normalized spacial score (nSPS) is 14.3. The van der Waals surface area contributed by atoms with E-state index in [1.54, 1.807) is 0 Å². The molecular weight excluding hydrogens is 1260 g/mol. The monoisotopic (exact) mass is 1400 g/mol. The number of phosphoric acid groups is 2. The Labute approximate surface area is 584 Å². The van der Waals surface area contributed by atoms with Gasteiger partial charge < -0.3 is 33.8 Å². The summed E-state index contributed by atoms with van der Waals surface area (Å²) in [6.07, 6.45) is 67.7. The number of aliphatic hydroxyl groups is 1. The number of carbonyl (C=O) groups is 4. The number of rotatable bonds is 73. The zero-order chi connectivity index (χ0) is 70.4. The maximum absolute atomic E-state index is 13.1. The molecule has 17 nitrogen and oxygen atoms in total. The second-order valence-electron chi connectivity index (χ2n) is 25.9. The van der Waals surface area contributed by atoms with Gasteiger partial charge in [-0.15, -0.1) is 0 Å². The number of hydrogen-bond donors (Lipinski definition) is 3. The molecule has 3 N–H and O–H groups in total. The van der Waals surface area contributed by atoms with Crippen LogP contribution in [0.2, 0.25) is 0 Å². The van der Waals surface area contributed by atoms with Crippen LogP contribution in [-0.2, 0) is 65.4 Å². The van der Waals surface area contributed by atoms with Crippen molar-refractivity contribution in [3.05, 3.63) is 60.8 Å². The quantitative estimate of drug-likeness (QED) is 0.0169. The molecular formula is C77H140O17P2. The van der Waals surface area contributed by atoms with Crippen LogP contribution in [0.15, 0.2) is 60.8 Å². The Kier molecular flexibility index (Phi) is 67.8. The largest absolute Gasteiger partial charge is 0.472 e. The van der Waals surface area contributed by atoms with E-state index in [1.165, 1.54) is 109 Å². The molecule has 0 aliphatic carbocycles. The number of allylic oxidation sites excluding steroid dienone is 10. The lowest BCUT2D eigenvalue weighted by Gasteiger charge is -2.21. The third-order valence-electron chi connectivity index (χ3n) is 16.4. The van der Waals surface area contributed by atoms with E-state index in [0.29, 0.717) is 25.7 Å². The molecule has 0 aromatic heterocycles. The molecule has 0 saturated carbocycles. The minimum atomic E-state index is -4.97. The third-order valence-corrected chi connectivity index (χ3v) is 18.3. The summed E-state index contributed by atoms with van der Waals surface area (Å²) >= 11 is 0. The number of phosphoric ester groups is 2. The highest BCUT2D eigenvalue weighted by Crippen LogP contribution is 2.45. The summed E-state index contributed by atoms with van der Waals surface area (Å²) in [6, 6.07) is 0. The Morgan fingerprint density at radius 3 is 0.812 bits per heavy atom. The van der Waals surface area contributed by atoms with Gasteiger partial charge in [0.1, 0.15) is 19.3 Å². The van der Waals surface area contributed by atoms with Gasteiger partial charge in [0, 0.05) is 25.7 Å². The highest BCUT2D eigenvalue weighted by atomic mass is 31.2. The maximum Gasteiger partial charge on any atom is 0.472 e. The summed E-state index contributed by atoms with van der Waals surface area (Å²) in [5, 5.41) is 10.6. The van der Waals surface area contributed by atoms with Crippen LogP contribution < -0.4 is 0 Å². The van der Waals surface area contributed by atoms with Crippen LogP contribution >= 0.6 is 15.6 Å². The molecule has 0 bridgehead atoms. The molecule has 0 saturated heterocycles. The minimum absolute atomic E-state index is 0.0806. The fraction of sp³-hybridized carbons (Fsp3) is 0.818. The molecule has 0 aromatic carbocycles. The first-order valence-corrected chi connectivity index (χ1v) is 41.5. The van der Waals surface area contributed by atoms with E-state index in [0.717, 1.165) is 161 Å². The standard InChI is InChI=1S/C77H140O17P2/c1-5-9-13-17-21-25-29-33-35-39-43-47-51-55-59-63-76(81)93-72(67-87-74(79)61-57-53-49-45-41-37-31-27-23-19-15-11-7-3)69-91-95(83,84)89-65-71(78)66-90-96(85,86)92-70-73(68-88-75(80)62-58-54-50-46-42-38-32-28-24-20-16-12-8-4)94-77(82)64-60-56-52-48-44-40-36-34-30-26-22-18-14-10-6-2/h21,25,27-28,31-36,71-73,78H,5-20,22-24,26,29-30,37-70H2,1-4H3,(H,83,84)(H,85,86)/b25-21-,31-27-,32-28-,35-33-,36-34-/t71-,72-,73-/m1/s1. The van der Waals surface area contributed by atoms with Crippen molar-refractivity contribution >= 4 is 39.5 Å². The van der Waals surface area contributed by atoms with Crippen molar-refractivity contribution in [3.63, 3.8) is 0 Å². The van der Waals surface area contributed by atoms with Gasteiger partial charge in [0.2, 0.25) is 0 Å². The highest BCUT2D eigenvalue weighted by molar-refractivity contribution is 7.47. The highest BCUT2D eigenvalue weighted by Gasteiger charge is 2.30. The molecule has 0 amide bonds. The SMILES string of the molecule is CCCCC/C=C\C/C=C\CCCCCCCC(=O)O[C@H](COC(=O)CCCCCCC/C=C\CCCCCC)COP(=O)(O)OC[C@@H](O)COP(=O)(O)OC[C@@H](COC(=O)CCCCCCC/C=C\CCCCCC)OC(=O)CCCCCCC/C=C\CCCCCCCC. The van der Waals surface area contributed by atoms with Crippen LogP contribution in [0.1, 0.15) is 349 Å². The predicted octanol–water partition coefficient (Wildman–Crippen LogP) is 21.9. The number of carbonyl (C=O) groups excluding carboxylic acids is 4. The van der Waals surface area contributed by atoms with E-state index >= 15 is 0 Å². The van der Waals surface area contributed by atoms with Crippen molar-refractivity contribution in [2.24, 2.45) is 0 Å². The Morgan fingerprint density at radius 2 is 0.510 bits per heavy atom. The maximum atomic E-state index is 13.1. The lowest BCUT2D eigenvalue weighted by Crippen LogP contribution is -2.30. The van der Waals surface area contributed by atoms with Gasteiger partial charge in [-0.3, -0.25) is 37.3 Å². The first-order chi connectivity index (χ1) is 46.7. The molecule has 96 heavy (non-hydrogen) atoms. The molecule has 0 aromatic rings. The minimum Gasteiger partial charge on any atom is -0.462 e. The summed E-state index contributed by atoms with van der Waals surface area (Å²) in [4.78, 5) is 72.8. The molecule has 0 aliphatic heterocycles. The van der Waals surface area contributed by atoms with Gasteiger partial charge >= 0.3 is 39.5 Å². The van der Waals surface area contributed by atoms with Gasteiger partial charge in [-0.25, -0.2) is 9.13 Å². The zero-order valence-corrected chi connectivity index (χ0v) is 62.8. The lowest BCUT2D eigenvalue weighted by molar-refractivity contribution is -0.161. The summed E-state index contributed by atoms with van der Waals surface area (Å²) < 4.78 is 68.4. The second kappa shape index (κ2) is 70.2. The molecule has 5 atom stereocenters. The average molecular weight is 1400 g/mol. The Bertz CT molecular complexity index is 2060. The van der Waals surface area contributed by atoms with Crippen LogP contribution in [0.3, 0.4) is 0 Å². The number of unbranched alkanes of at least 4 members (excludes halogenated alkanes) is 37. The van der Waals surface area contributed by atoms with Crippen molar-refractivity contribution in [1.29, 1.82) is 0 Å². The van der Waals surface area contributed by atoms with Crippen molar-refractivity contribution in [1.82, 2.24) is 0 Å². The van der Waals surface area contributed by atoms with E-state index in [9.17, 15) is 43.2 Å². The average Bonchev–Trinajstić information content (AvgIpc) is 1.19. The molecule has 0 radical (unpaired) electrons. The Balaban J connectivity index is 5.35. The van der Waals surface area contributed by atoms with Gasteiger partial charge in [-0.1, -0.05) is 249 Å². The first kappa shape index (κ1) is 92.8. The molecule has 0 fully saturated rings. The van der Waals surface area contributed by atoms with E-state index in [4.69, 9.17) is 37.0 Å². The van der Waals surface area contributed by atoms with Crippen LogP contribution in [0.4, 0.5) is 0 Å². The summed E-state index contributed by atoms with van der Waals surface area (Å²) in [7, 11) is -9.94. The number of ether oxygens (including phenoxy) is 4. The first-order valence-electron chi connectivity index (χ1n) is 38.5. The van der Waals surface area contributed by atoms with Crippen molar-refractivity contribution in [3.8, 4) is 0 Å². The number of aliphatic hydroxyl groups excluding tert-OH is 1. The van der Waals surface area contributed by atoms with Crippen LogP contribution in [-0.4, -0.2) is 96.7 Å². The molecule has 0 heterocycles. The van der Waals surface area contributed by atoms with Gasteiger partial charge in [0.05, 0.1) is 26.4 Å². The topological polar surface area (TPSA) is 237 Å². The fourth-order valence-electron chi connectivity index (χ4n) is 10.5. The van der Waals surface area contributed by atoms with E-state index in [1.807, 2.05) is 0 Å². The van der Waals surface area contributed by atoms with Crippen molar-refractivity contribution < 1.29 is 80.2 Å². The number of hydrogen-bond acceptors (Lipinski definition) is 15. The van der Waals surface area contributed by atoms with E-state index < -0.39 is 97.5 Å². The van der Waals surface area contributed by atoms with Gasteiger partial charge in [-0.05, 0) is 135 Å². The summed E-state index contributed by atoms with van der Waals surface area (Å²) in [5.41, 5.74) is 0. The smallest absolute Gasteiger partial charge is 0.462 e. The molecule has 2 unspecified atom stereocenters. The third kappa shape index (κ3) is 69.2. The summed E-state index contributed by atoms with van der Waals surface area (Å²) in [6.45, 7) is 4.81. The van der Waals surface area contributed by atoms with Gasteiger partial charge in [0.25, 0.3) is 0 Å². The van der Waals surface area contributed by atoms with Crippen LogP contribution in [0.25, 0.3) is 0 Å².